The summed E-state index contributed by atoms with van der Waals surface area (Å²) < 4.78 is 5.38. The van der Waals surface area contributed by atoms with Crippen LogP contribution in [0.2, 0.25) is 5.02 Å². The van der Waals surface area contributed by atoms with Gasteiger partial charge in [0.25, 0.3) is 5.91 Å². The Morgan fingerprint density at radius 3 is 2.41 bits per heavy atom. The van der Waals surface area contributed by atoms with E-state index in [4.69, 9.17) is 16.3 Å². The van der Waals surface area contributed by atoms with Gasteiger partial charge in [-0.2, -0.15) is 0 Å². The minimum Gasteiger partial charge on any atom is -0.379 e. The van der Waals surface area contributed by atoms with E-state index in [1.54, 1.807) is 0 Å². The SMILES string of the molecule is O=C(NCCN1CCOCC1)c1nnc(N2CCN(c3cccc(Cl)c3)CC2)c2ccccc12. The van der Waals surface area contributed by atoms with Crippen molar-refractivity contribution >= 4 is 39.8 Å². The van der Waals surface area contributed by atoms with E-state index in [0.717, 1.165) is 86.3 Å². The lowest BCUT2D eigenvalue weighted by molar-refractivity contribution is 0.0383. The molecule has 1 N–H and O–H groups in total. The fourth-order valence-corrected chi connectivity index (χ4v) is 4.76. The molecule has 2 fully saturated rings. The summed E-state index contributed by atoms with van der Waals surface area (Å²) in [6.45, 7) is 8.03. The standard InChI is InChI=1S/C25H29ClN6O2/c26-19-4-3-5-20(18-19)31-10-12-32(13-11-31)24-22-7-2-1-6-21(22)23(28-29-24)25(33)27-8-9-30-14-16-34-17-15-30/h1-7,18H,8-17H2,(H,27,33). The second kappa shape index (κ2) is 10.5. The number of hydrogen-bond acceptors (Lipinski definition) is 7. The van der Waals surface area contributed by atoms with E-state index in [1.807, 2.05) is 42.5 Å². The van der Waals surface area contributed by atoms with Crippen LogP contribution in [-0.4, -0.2) is 86.6 Å². The molecule has 1 aromatic heterocycles. The Labute approximate surface area is 204 Å². The number of piperazine rings is 1. The van der Waals surface area contributed by atoms with Gasteiger partial charge in [0.1, 0.15) is 0 Å². The van der Waals surface area contributed by atoms with E-state index >= 15 is 0 Å². The van der Waals surface area contributed by atoms with Crippen LogP contribution in [0.15, 0.2) is 48.5 Å². The minimum atomic E-state index is -0.186. The number of rotatable bonds is 6. The maximum atomic E-state index is 12.9. The molecule has 2 aromatic carbocycles. The van der Waals surface area contributed by atoms with Gasteiger partial charge in [-0.3, -0.25) is 9.69 Å². The predicted octanol–water partition coefficient (Wildman–Crippen LogP) is 2.67. The number of carbonyl (C=O) groups is 1. The highest BCUT2D eigenvalue weighted by atomic mass is 35.5. The summed E-state index contributed by atoms with van der Waals surface area (Å²) in [7, 11) is 0. The summed E-state index contributed by atoms with van der Waals surface area (Å²) in [5, 5.41) is 14.4. The quantitative estimate of drug-likeness (QED) is 0.581. The van der Waals surface area contributed by atoms with Gasteiger partial charge in [0.2, 0.25) is 0 Å². The number of carbonyl (C=O) groups excluding carboxylic acids is 1. The number of fused-ring (bicyclic) bond motifs is 1. The van der Waals surface area contributed by atoms with Crippen LogP contribution >= 0.6 is 11.6 Å². The van der Waals surface area contributed by atoms with Crippen molar-refractivity contribution in [2.75, 3.05) is 75.4 Å². The van der Waals surface area contributed by atoms with Crippen molar-refractivity contribution in [3.63, 3.8) is 0 Å². The molecule has 5 rings (SSSR count). The van der Waals surface area contributed by atoms with Crippen molar-refractivity contribution in [3.05, 3.63) is 59.2 Å². The Hall–Kier alpha value is -2.94. The molecule has 2 saturated heterocycles. The Balaban J connectivity index is 1.27. The van der Waals surface area contributed by atoms with E-state index < -0.39 is 0 Å². The monoisotopic (exact) mass is 480 g/mol. The van der Waals surface area contributed by atoms with Gasteiger partial charge in [0.05, 0.1) is 13.2 Å². The first kappa shape index (κ1) is 22.8. The molecule has 9 heteroatoms. The van der Waals surface area contributed by atoms with Crippen molar-refractivity contribution in [1.29, 1.82) is 0 Å². The van der Waals surface area contributed by atoms with E-state index in [9.17, 15) is 4.79 Å². The molecule has 0 saturated carbocycles. The van der Waals surface area contributed by atoms with Crippen LogP contribution < -0.4 is 15.1 Å². The summed E-state index contributed by atoms with van der Waals surface area (Å²) in [6, 6.07) is 15.9. The molecule has 2 aliphatic rings. The highest BCUT2D eigenvalue weighted by molar-refractivity contribution is 6.30. The molecule has 0 bridgehead atoms. The Bertz CT molecular complexity index is 1150. The summed E-state index contributed by atoms with van der Waals surface area (Å²) >= 11 is 6.17. The summed E-state index contributed by atoms with van der Waals surface area (Å²) in [5.74, 6) is 0.639. The lowest BCUT2D eigenvalue weighted by Gasteiger charge is -2.37. The molecule has 2 aliphatic heterocycles. The van der Waals surface area contributed by atoms with Gasteiger partial charge in [-0.15, -0.1) is 10.2 Å². The number of anilines is 2. The third-order valence-electron chi connectivity index (χ3n) is 6.45. The fourth-order valence-electron chi connectivity index (χ4n) is 4.58. The first-order chi connectivity index (χ1) is 16.7. The van der Waals surface area contributed by atoms with E-state index in [1.165, 1.54) is 0 Å². The van der Waals surface area contributed by atoms with Crippen LogP contribution in [0.25, 0.3) is 10.8 Å². The van der Waals surface area contributed by atoms with Gasteiger partial charge in [-0.05, 0) is 18.2 Å². The van der Waals surface area contributed by atoms with E-state index in [0.29, 0.717) is 12.2 Å². The van der Waals surface area contributed by atoms with Gasteiger partial charge in [0, 0.05) is 73.8 Å². The topological polar surface area (TPSA) is 73.8 Å². The number of morpholine rings is 1. The summed E-state index contributed by atoms with van der Waals surface area (Å²) in [4.78, 5) is 19.8. The fraction of sp³-hybridized carbons (Fsp3) is 0.400. The molecule has 178 valence electrons. The third kappa shape index (κ3) is 5.09. The zero-order valence-corrected chi connectivity index (χ0v) is 19.9. The van der Waals surface area contributed by atoms with Gasteiger partial charge in [0.15, 0.2) is 11.5 Å². The maximum absolute atomic E-state index is 12.9. The van der Waals surface area contributed by atoms with Crippen LogP contribution in [-0.2, 0) is 4.74 Å². The average molecular weight is 481 g/mol. The third-order valence-corrected chi connectivity index (χ3v) is 6.69. The second-order valence-corrected chi connectivity index (χ2v) is 9.02. The largest absolute Gasteiger partial charge is 0.379 e. The van der Waals surface area contributed by atoms with Crippen LogP contribution in [0.5, 0.6) is 0 Å². The summed E-state index contributed by atoms with van der Waals surface area (Å²) in [5.41, 5.74) is 1.51. The first-order valence-electron chi connectivity index (χ1n) is 11.8. The van der Waals surface area contributed by atoms with Crippen molar-refractivity contribution in [2.24, 2.45) is 0 Å². The number of hydrogen-bond donors (Lipinski definition) is 1. The minimum absolute atomic E-state index is 0.186. The lowest BCUT2D eigenvalue weighted by atomic mass is 10.1. The van der Waals surface area contributed by atoms with E-state index in [2.05, 4.69) is 36.3 Å². The molecule has 0 radical (unpaired) electrons. The van der Waals surface area contributed by atoms with Gasteiger partial charge < -0.3 is 19.9 Å². The molecule has 1 amide bonds. The van der Waals surface area contributed by atoms with Gasteiger partial charge >= 0.3 is 0 Å². The zero-order valence-electron chi connectivity index (χ0n) is 19.1. The normalized spacial score (nSPS) is 17.2. The second-order valence-electron chi connectivity index (χ2n) is 8.58. The van der Waals surface area contributed by atoms with Crippen molar-refractivity contribution in [3.8, 4) is 0 Å². The van der Waals surface area contributed by atoms with Gasteiger partial charge in [-0.25, -0.2) is 0 Å². The summed E-state index contributed by atoms with van der Waals surface area (Å²) in [6.07, 6.45) is 0. The zero-order chi connectivity index (χ0) is 23.3. The lowest BCUT2D eigenvalue weighted by Crippen LogP contribution is -2.47. The molecular formula is C25H29ClN6O2. The molecular weight excluding hydrogens is 452 g/mol. The predicted molar refractivity (Wildman–Crippen MR) is 135 cm³/mol. The number of amides is 1. The Morgan fingerprint density at radius 2 is 1.65 bits per heavy atom. The number of nitrogens with zero attached hydrogens (tertiary/aromatic N) is 5. The molecule has 0 aliphatic carbocycles. The molecule has 34 heavy (non-hydrogen) atoms. The number of aromatic nitrogens is 2. The number of nitrogens with one attached hydrogen (secondary N) is 1. The Kier molecular flexibility index (Phi) is 7.08. The van der Waals surface area contributed by atoms with Gasteiger partial charge in [-0.1, -0.05) is 41.9 Å². The number of ether oxygens (including phenoxy) is 1. The molecule has 0 atom stereocenters. The van der Waals surface area contributed by atoms with Crippen LogP contribution in [0, 0.1) is 0 Å². The average Bonchev–Trinajstić information content (AvgIpc) is 2.89. The van der Waals surface area contributed by atoms with Crippen molar-refractivity contribution < 1.29 is 9.53 Å². The van der Waals surface area contributed by atoms with Crippen LogP contribution in [0.1, 0.15) is 10.5 Å². The number of benzene rings is 2. The van der Waals surface area contributed by atoms with Crippen LogP contribution in [0.3, 0.4) is 0 Å². The highest BCUT2D eigenvalue weighted by Gasteiger charge is 2.23. The smallest absolute Gasteiger partial charge is 0.272 e. The Morgan fingerprint density at radius 1 is 0.912 bits per heavy atom. The number of halogens is 1. The molecule has 8 nitrogen and oxygen atoms in total. The molecule has 3 heterocycles. The van der Waals surface area contributed by atoms with Crippen LogP contribution in [0.4, 0.5) is 11.5 Å². The first-order valence-corrected chi connectivity index (χ1v) is 12.2. The molecule has 3 aromatic rings. The highest BCUT2D eigenvalue weighted by Crippen LogP contribution is 2.28. The molecule has 0 unspecified atom stereocenters. The van der Waals surface area contributed by atoms with E-state index in [-0.39, 0.29) is 5.91 Å². The maximum Gasteiger partial charge on any atom is 0.272 e. The molecule has 0 spiro atoms. The van der Waals surface area contributed by atoms with Crippen molar-refractivity contribution in [2.45, 2.75) is 0 Å². The van der Waals surface area contributed by atoms with Crippen molar-refractivity contribution in [1.82, 2.24) is 20.4 Å².